The van der Waals surface area contributed by atoms with E-state index >= 15 is 0 Å². The number of benzene rings is 2. The molecule has 8 heteroatoms. The lowest BCUT2D eigenvalue weighted by Gasteiger charge is -2.19. The van der Waals surface area contributed by atoms with Crippen LogP contribution in [-0.4, -0.2) is 48.6 Å². The third kappa shape index (κ3) is 5.41. The average molecular weight is 495 g/mol. The minimum atomic E-state index is -0.489. The molecule has 0 aliphatic carbocycles. The minimum absolute atomic E-state index is 0.0660. The third-order valence-electron chi connectivity index (χ3n) is 6.07. The van der Waals surface area contributed by atoms with E-state index in [0.29, 0.717) is 40.3 Å². The molecule has 1 unspecified atom stereocenters. The highest BCUT2D eigenvalue weighted by Gasteiger charge is 2.21. The van der Waals surface area contributed by atoms with Crippen molar-refractivity contribution in [2.24, 2.45) is 5.92 Å². The molecular formula is C27H28ClFN4O2. The highest BCUT2D eigenvalue weighted by molar-refractivity contribution is 6.34. The molecule has 0 saturated carbocycles. The van der Waals surface area contributed by atoms with Crippen LogP contribution in [-0.2, 0) is 4.79 Å². The number of amides is 1. The van der Waals surface area contributed by atoms with Gasteiger partial charge in [-0.3, -0.25) is 14.7 Å². The van der Waals surface area contributed by atoms with Crippen LogP contribution in [0.5, 0.6) is 5.75 Å². The predicted octanol–water partition coefficient (Wildman–Crippen LogP) is 5.76. The van der Waals surface area contributed by atoms with E-state index in [1.54, 1.807) is 47.9 Å². The van der Waals surface area contributed by atoms with E-state index in [4.69, 9.17) is 11.6 Å². The molecule has 1 aliphatic heterocycles. The smallest absolute Gasteiger partial charge is 0.218 e. The Balaban J connectivity index is 1.71. The lowest BCUT2D eigenvalue weighted by atomic mass is 9.97. The number of pyridine rings is 1. The summed E-state index contributed by atoms with van der Waals surface area (Å²) in [6, 6.07) is 9.47. The summed E-state index contributed by atoms with van der Waals surface area (Å²) in [5.74, 6) is 0.0504. The SMILES string of the molecule is CC1CCN(c2cncc(-c3cc(F)cc(-c4ccc(N(C=O)/C=C\N(C)C)c(Cl)c4)c3O)c2)C1. The molecule has 0 radical (unpaired) electrons. The standard InChI is InChI=1S/C27H28ClFN4O2/c1-18-6-7-32(16-18)22-10-20(14-30-15-22)24-13-21(29)12-23(27(24)35)19-4-5-26(25(28)11-19)33(17-34)9-8-31(2)3/h4-5,8-15,17-18,35H,6-7,16H2,1-3H3/b9-8-. The summed E-state index contributed by atoms with van der Waals surface area (Å²) in [7, 11) is 3.68. The Kier molecular flexibility index (Phi) is 7.26. The van der Waals surface area contributed by atoms with Crippen LogP contribution in [0.2, 0.25) is 5.02 Å². The van der Waals surface area contributed by atoms with Crippen LogP contribution < -0.4 is 9.80 Å². The van der Waals surface area contributed by atoms with Gasteiger partial charge in [0.15, 0.2) is 0 Å². The first-order valence-corrected chi connectivity index (χ1v) is 11.8. The van der Waals surface area contributed by atoms with E-state index in [1.165, 1.54) is 17.0 Å². The monoisotopic (exact) mass is 494 g/mol. The van der Waals surface area contributed by atoms with Crippen molar-refractivity contribution in [3.8, 4) is 28.0 Å². The summed E-state index contributed by atoms with van der Waals surface area (Å²) < 4.78 is 14.7. The fraction of sp³-hybridized carbons (Fsp3) is 0.259. The van der Waals surface area contributed by atoms with Gasteiger partial charge in [-0.1, -0.05) is 24.6 Å². The van der Waals surface area contributed by atoms with Crippen molar-refractivity contribution in [1.82, 2.24) is 9.88 Å². The zero-order valence-corrected chi connectivity index (χ0v) is 20.7. The van der Waals surface area contributed by atoms with Crippen molar-refractivity contribution in [3.05, 3.63) is 72.0 Å². The molecule has 1 amide bonds. The Bertz CT molecular complexity index is 1260. The highest BCUT2D eigenvalue weighted by Crippen LogP contribution is 2.41. The van der Waals surface area contributed by atoms with Gasteiger partial charge in [0, 0.05) is 62.5 Å². The van der Waals surface area contributed by atoms with Crippen LogP contribution in [0, 0.1) is 11.7 Å². The lowest BCUT2D eigenvalue weighted by molar-refractivity contribution is -0.106. The van der Waals surface area contributed by atoms with Gasteiger partial charge in [0.05, 0.1) is 22.6 Å². The first kappa shape index (κ1) is 24.5. The fourth-order valence-electron chi connectivity index (χ4n) is 4.22. The number of nitrogens with zero attached hydrogens (tertiary/aromatic N) is 4. The van der Waals surface area contributed by atoms with Crippen LogP contribution in [0.1, 0.15) is 13.3 Å². The van der Waals surface area contributed by atoms with Crippen LogP contribution in [0.15, 0.2) is 61.2 Å². The molecule has 2 heterocycles. The van der Waals surface area contributed by atoms with Crippen molar-refractivity contribution < 1.29 is 14.3 Å². The molecule has 0 spiro atoms. The van der Waals surface area contributed by atoms with E-state index < -0.39 is 5.82 Å². The normalized spacial score (nSPS) is 15.6. The number of hydrogen-bond acceptors (Lipinski definition) is 5. The van der Waals surface area contributed by atoms with Gasteiger partial charge in [0.25, 0.3) is 0 Å². The summed E-state index contributed by atoms with van der Waals surface area (Å²) in [6.45, 7) is 4.10. The highest BCUT2D eigenvalue weighted by atomic mass is 35.5. The van der Waals surface area contributed by atoms with Crippen molar-refractivity contribution >= 4 is 29.4 Å². The molecule has 182 valence electrons. The van der Waals surface area contributed by atoms with Crippen LogP contribution in [0.3, 0.4) is 0 Å². The molecule has 1 N–H and O–H groups in total. The second kappa shape index (κ2) is 10.4. The van der Waals surface area contributed by atoms with Crippen molar-refractivity contribution in [2.75, 3.05) is 37.0 Å². The number of rotatable bonds is 7. The van der Waals surface area contributed by atoms with Gasteiger partial charge in [-0.2, -0.15) is 0 Å². The first-order valence-electron chi connectivity index (χ1n) is 11.4. The molecule has 35 heavy (non-hydrogen) atoms. The maximum atomic E-state index is 14.7. The van der Waals surface area contributed by atoms with E-state index in [0.717, 1.165) is 25.2 Å². The van der Waals surface area contributed by atoms with Crippen molar-refractivity contribution in [2.45, 2.75) is 13.3 Å². The quantitative estimate of drug-likeness (QED) is 0.423. The molecule has 1 fully saturated rings. The van der Waals surface area contributed by atoms with Crippen molar-refractivity contribution in [1.29, 1.82) is 0 Å². The number of carbonyl (C=O) groups excluding carboxylic acids is 1. The molecule has 6 nitrogen and oxygen atoms in total. The van der Waals surface area contributed by atoms with Gasteiger partial charge in [-0.25, -0.2) is 4.39 Å². The Morgan fingerprint density at radius 1 is 1.11 bits per heavy atom. The van der Waals surface area contributed by atoms with E-state index in [2.05, 4.69) is 16.8 Å². The van der Waals surface area contributed by atoms with E-state index in [1.807, 2.05) is 20.2 Å². The summed E-state index contributed by atoms with van der Waals surface area (Å²) in [5.41, 5.74) is 3.22. The van der Waals surface area contributed by atoms with Crippen molar-refractivity contribution in [3.63, 3.8) is 0 Å². The second-order valence-corrected chi connectivity index (χ2v) is 9.47. The zero-order chi connectivity index (χ0) is 25.1. The van der Waals surface area contributed by atoms with E-state index in [-0.39, 0.29) is 10.8 Å². The Hall–Kier alpha value is -3.58. The number of halogens is 2. The van der Waals surface area contributed by atoms with Crippen LogP contribution in [0.25, 0.3) is 22.3 Å². The van der Waals surface area contributed by atoms with Gasteiger partial charge in [0.2, 0.25) is 6.41 Å². The zero-order valence-electron chi connectivity index (χ0n) is 19.9. The van der Waals surface area contributed by atoms with Gasteiger partial charge >= 0.3 is 0 Å². The molecule has 1 aliphatic rings. The number of phenols is 1. The third-order valence-corrected chi connectivity index (χ3v) is 6.38. The summed E-state index contributed by atoms with van der Waals surface area (Å²) >= 11 is 6.48. The summed E-state index contributed by atoms with van der Waals surface area (Å²) in [5, 5.41) is 11.4. The minimum Gasteiger partial charge on any atom is -0.507 e. The maximum Gasteiger partial charge on any atom is 0.218 e. The van der Waals surface area contributed by atoms with Gasteiger partial charge in [-0.05, 0) is 48.2 Å². The Morgan fingerprint density at radius 2 is 1.86 bits per heavy atom. The topological polar surface area (TPSA) is 59.9 Å². The molecule has 0 bridgehead atoms. The second-order valence-electron chi connectivity index (χ2n) is 9.06. The number of hydrogen-bond donors (Lipinski definition) is 1. The Morgan fingerprint density at radius 3 is 2.49 bits per heavy atom. The fourth-order valence-corrected chi connectivity index (χ4v) is 4.50. The van der Waals surface area contributed by atoms with Crippen LogP contribution >= 0.6 is 11.6 Å². The van der Waals surface area contributed by atoms with Crippen LogP contribution in [0.4, 0.5) is 15.8 Å². The molecular weight excluding hydrogens is 467 g/mol. The summed E-state index contributed by atoms with van der Waals surface area (Å²) in [6.07, 6.45) is 8.49. The number of aromatic nitrogens is 1. The molecule has 1 aromatic heterocycles. The predicted molar refractivity (Wildman–Crippen MR) is 139 cm³/mol. The van der Waals surface area contributed by atoms with Gasteiger partial charge in [-0.15, -0.1) is 0 Å². The molecule has 2 aromatic carbocycles. The molecule has 3 aromatic rings. The van der Waals surface area contributed by atoms with E-state index in [9.17, 15) is 14.3 Å². The number of carbonyl (C=O) groups is 1. The lowest BCUT2D eigenvalue weighted by Crippen LogP contribution is -2.19. The average Bonchev–Trinajstić information content (AvgIpc) is 3.27. The number of phenolic OH excluding ortho intramolecular Hbond substituents is 1. The molecule has 1 saturated heterocycles. The summed E-state index contributed by atoms with van der Waals surface area (Å²) in [4.78, 5) is 21.3. The number of anilines is 2. The van der Waals surface area contributed by atoms with Gasteiger partial charge < -0.3 is 14.9 Å². The number of aromatic hydroxyl groups is 1. The Labute approximate surface area is 209 Å². The first-order chi connectivity index (χ1) is 16.8. The molecule has 4 rings (SSSR count). The van der Waals surface area contributed by atoms with Gasteiger partial charge in [0.1, 0.15) is 11.6 Å². The largest absolute Gasteiger partial charge is 0.507 e. The molecule has 1 atom stereocenters. The maximum absolute atomic E-state index is 14.7.